The highest BCUT2D eigenvalue weighted by Gasteiger charge is 2.31. The molecule has 0 fully saturated rings. The third-order valence-electron chi connectivity index (χ3n) is 3.54. The highest BCUT2D eigenvalue weighted by molar-refractivity contribution is 5.61. The quantitative estimate of drug-likeness (QED) is 0.864. The van der Waals surface area contributed by atoms with Crippen LogP contribution in [0.5, 0.6) is 0 Å². The summed E-state index contributed by atoms with van der Waals surface area (Å²) in [4.78, 5) is 0. The van der Waals surface area contributed by atoms with Crippen LogP contribution in [0.1, 0.15) is 52.7 Å². The molecule has 1 rings (SSSR count). The lowest BCUT2D eigenvalue weighted by molar-refractivity contribution is -0.146. The van der Waals surface area contributed by atoms with Gasteiger partial charge in [-0.05, 0) is 52.7 Å². The number of rotatable bonds is 5. The molecule has 2 nitrogen and oxygen atoms in total. The number of benzene rings is 1. The molecule has 0 aliphatic heterocycles. The highest BCUT2D eigenvalue weighted by Crippen LogP contribution is 2.29. The zero-order valence-electron chi connectivity index (χ0n) is 12.9. The Morgan fingerprint density at radius 3 is 2.00 bits per heavy atom. The third kappa shape index (κ3) is 4.19. The van der Waals surface area contributed by atoms with Gasteiger partial charge in [-0.15, -0.1) is 0 Å². The summed E-state index contributed by atoms with van der Waals surface area (Å²) < 4.78 is 6.02. The van der Waals surface area contributed by atoms with Crippen molar-refractivity contribution in [2.45, 2.75) is 58.8 Å². The molecule has 106 valence electrons. The minimum atomic E-state index is -0.852. The van der Waals surface area contributed by atoms with Crippen molar-refractivity contribution in [3.63, 3.8) is 0 Å². The maximum Gasteiger partial charge on any atom is 0.0880 e. The van der Waals surface area contributed by atoms with E-state index in [1.165, 1.54) is 0 Å². The topological polar surface area (TPSA) is 29.5 Å². The van der Waals surface area contributed by atoms with Crippen LogP contribution in [0.25, 0.3) is 5.57 Å². The molecule has 0 spiro atoms. The number of hydrogen-bond donors (Lipinski definition) is 1. The molecule has 0 saturated heterocycles. The number of ether oxygens (including phenoxy) is 1. The van der Waals surface area contributed by atoms with Gasteiger partial charge in [-0.25, -0.2) is 0 Å². The summed E-state index contributed by atoms with van der Waals surface area (Å²) in [6, 6.07) is 8.22. The third-order valence-corrected chi connectivity index (χ3v) is 3.54. The molecule has 1 aromatic carbocycles. The Balaban J connectivity index is 2.91. The SMILES string of the molecule is C=C(C)c1ccc(C(C)(C)OC(C)C(C)(C)O)cc1. The zero-order chi connectivity index (χ0) is 14.8. The smallest absolute Gasteiger partial charge is 0.0880 e. The van der Waals surface area contributed by atoms with E-state index in [1.807, 2.05) is 27.7 Å². The minimum absolute atomic E-state index is 0.247. The Hall–Kier alpha value is -1.12. The molecule has 19 heavy (non-hydrogen) atoms. The molecule has 0 aliphatic carbocycles. The van der Waals surface area contributed by atoms with Crippen molar-refractivity contribution >= 4 is 5.57 Å². The van der Waals surface area contributed by atoms with Crippen molar-refractivity contribution < 1.29 is 9.84 Å². The monoisotopic (exact) mass is 262 g/mol. The molecule has 1 unspecified atom stereocenters. The molecule has 0 bridgehead atoms. The first-order chi connectivity index (χ1) is 8.54. The number of allylic oxidation sites excluding steroid dienone is 1. The lowest BCUT2D eigenvalue weighted by atomic mass is 9.94. The van der Waals surface area contributed by atoms with Crippen LogP contribution in [0.4, 0.5) is 0 Å². The van der Waals surface area contributed by atoms with Gasteiger partial charge in [0.2, 0.25) is 0 Å². The first-order valence-corrected chi connectivity index (χ1v) is 6.70. The van der Waals surface area contributed by atoms with Gasteiger partial charge >= 0.3 is 0 Å². The highest BCUT2D eigenvalue weighted by atomic mass is 16.5. The molecule has 1 N–H and O–H groups in total. The Bertz CT molecular complexity index is 435. The summed E-state index contributed by atoms with van der Waals surface area (Å²) in [5.41, 5.74) is 1.99. The maximum atomic E-state index is 9.98. The van der Waals surface area contributed by atoms with Gasteiger partial charge in [0.15, 0.2) is 0 Å². The first kappa shape index (κ1) is 15.9. The fraction of sp³-hybridized carbons (Fsp3) is 0.529. The van der Waals surface area contributed by atoms with Crippen LogP contribution in [0.2, 0.25) is 0 Å². The van der Waals surface area contributed by atoms with Crippen LogP contribution in [0.15, 0.2) is 30.8 Å². The van der Waals surface area contributed by atoms with Crippen molar-refractivity contribution in [3.05, 3.63) is 42.0 Å². The molecule has 2 heteroatoms. The lowest BCUT2D eigenvalue weighted by Gasteiger charge is -2.35. The molecule has 0 saturated carbocycles. The molecule has 0 radical (unpaired) electrons. The second kappa shape index (κ2) is 5.48. The van der Waals surface area contributed by atoms with E-state index in [2.05, 4.69) is 30.8 Å². The van der Waals surface area contributed by atoms with Gasteiger partial charge in [-0.2, -0.15) is 0 Å². The molecule has 0 aromatic heterocycles. The fourth-order valence-corrected chi connectivity index (χ4v) is 1.81. The number of hydrogen-bond acceptors (Lipinski definition) is 2. The molecule has 1 atom stereocenters. The van der Waals surface area contributed by atoms with Gasteiger partial charge in [-0.3, -0.25) is 0 Å². The largest absolute Gasteiger partial charge is 0.388 e. The summed E-state index contributed by atoms with van der Waals surface area (Å²) in [5.74, 6) is 0. The van der Waals surface area contributed by atoms with Gasteiger partial charge in [0.25, 0.3) is 0 Å². The van der Waals surface area contributed by atoms with Crippen LogP contribution in [0.3, 0.4) is 0 Å². The van der Waals surface area contributed by atoms with Crippen LogP contribution in [-0.4, -0.2) is 16.8 Å². The Morgan fingerprint density at radius 2 is 1.63 bits per heavy atom. The van der Waals surface area contributed by atoms with Crippen molar-refractivity contribution in [1.29, 1.82) is 0 Å². The molecule has 0 amide bonds. The summed E-state index contributed by atoms with van der Waals surface area (Å²) in [6.45, 7) is 15.4. The van der Waals surface area contributed by atoms with Gasteiger partial charge in [0, 0.05) is 0 Å². The van der Waals surface area contributed by atoms with Crippen LogP contribution in [0, 0.1) is 0 Å². The standard InChI is InChI=1S/C17H26O2/c1-12(2)14-8-10-15(11-9-14)17(6,7)19-13(3)16(4,5)18/h8-11,13,18H,1H2,2-7H3. The molecular weight excluding hydrogens is 236 g/mol. The van der Waals surface area contributed by atoms with E-state index >= 15 is 0 Å². The van der Waals surface area contributed by atoms with E-state index in [9.17, 15) is 5.11 Å². The lowest BCUT2D eigenvalue weighted by Crippen LogP contribution is -2.40. The van der Waals surface area contributed by atoms with E-state index < -0.39 is 11.2 Å². The molecular formula is C17H26O2. The van der Waals surface area contributed by atoms with Crippen molar-refractivity contribution in [2.75, 3.05) is 0 Å². The fourth-order valence-electron chi connectivity index (χ4n) is 1.81. The number of aliphatic hydroxyl groups is 1. The van der Waals surface area contributed by atoms with Crippen LogP contribution >= 0.6 is 0 Å². The second-order valence-electron chi connectivity index (χ2n) is 6.28. The van der Waals surface area contributed by atoms with Gasteiger partial charge in [0.05, 0.1) is 17.3 Å². The average Bonchev–Trinajstić information content (AvgIpc) is 2.27. The minimum Gasteiger partial charge on any atom is -0.388 e. The van der Waals surface area contributed by atoms with Gasteiger partial charge < -0.3 is 9.84 Å². The predicted octanol–water partition coefficient (Wildman–Crippen LogP) is 4.13. The summed E-state index contributed by atoms with van der Waals surface area (Å²) in [6.07, 6.45) is -0.247. The van der Waals surface area contributed by atoms with Crippen LogP contribution in [-0.2, 0) is 10.3 Å². The van der Waals surface area contributed by atoms with Gasteiger partial charge in [0.1, 0.15) is 0 Å². The zero-order valence-corrected chi connectivity index (χ0v) is 12.9. The summed E-state index contributed by atoms with van der Waals surface area (Å²) in [7, 11) is 0. The summed E-state index contributed by atoms with van der Waals surface area (Å²) >= 11 is 0. The van der Waals surface area contributed by atoms with Gasteiger partial charge in [-0.1, -0.05) is 36.4 Å². The Morgan fingerprint density at radius 1 is 1.16 bits per heavy atom. The van der Waals surface area contributed by atoms with E-state index in [1.54, 1.807) is 13.8 Å². The first-order valence-electron chi connectivity index (χ1n) is 6.70. The normalized spacial score (nSPS) is 14.3. The molecule has 0 heterocycles. The second-order valence-corrected chi connectivity index (χ2v) is 6.28. The van der Waals surface area contributed by atoms with E-state index in [-0.39, 0.29) is 6.10 Å². The summed E-state index contributed by atoms with van der Waals surface area (Å²) in [5, 5.41) is 9.98. The Kier molecular flexibility index (Phi) is 4.59. The van der Waals surface area contributed by atoms with E-state index in [0.29, 0.717) is 0 Å². The molecule has 0 aliphatic rings. The Labute approximate surface area is 117 Å². The van der Waals surface area contributed by atoms with Crippen LogP contribution < -0.4 is 0 Å². The maximum absolute atomic E-state index is 9.98. The predicted molar refractivity (Wildman–Crippen MR) is 81.0 cm³/mol. The van der Waals surface area contributed by atoms with Crippen molar-refractivity contribution in [1.82, 2.24) is 0 Å². The molecule has 1 aromatic rings. The van der Waals surface area contributed by atoms with E-state index in [0.717, 1.165) is 16.7 Å². The van der Waals surface area contributed by atoms with Crippen molar-refractivity contribution in [3.8, 4) is 0 Å². The van der Waals surface area contributed by atoms with E-state index in [4.69, 9.17) is 4.74 Å². The van der Waals surface area contributed by atoms with Crippen molar-refractivity contribution in [2.24, 2.45) is 0 Å². The average molecular weight is 262 g/mol.